The lowest BCUT2D eigenvalue weighted by molar-refractivity contribution is -0.136. The fraction of sp³-hybridized carbons (Fsp3) is 0.311. The van der Waals surface area contributed by atoms with Crippen molar-refractivity contribution in [3.63, 3.8) is 0 Å². The lowest BCUT2D eigenvalue weighted by Gasteiger charge is -2.34. The van der Waals surface area contributed by atoms with Gasteiger partial charge in [-0.25, -0.2) is 9.97 Å². The normalized spacial score (nSPS) is 19.0. The van der Waals surface area contributed by atoms with Crippen LogP contribution in [-0.4, -0.2) is 72.9 Å². The monoisotopic (exact) mass is 778 g/mol. The smallest absolute Gasteiger partial charge is 0.262 e. The van der Waals surface area contributed by atoms with Crippen molar-refractivity contribution >= 4 is 45.4 Å². The Kier molecular flexibility index (Phi) is 10.0. The summed E-state index contributed by atoms with van der Waals surface area (Å²) < 4.78 is 20.3. The molecule has 2 aromatic carbocycles. The Balaban J connectivity index is 0.664. The first-order chi connectivity index (χ1) is 28.3. The maximum atomic E-state index is 13.1. The minimum absolute atomic E-state index is 0.0508. The van der Waals surface area contributed by atoms with Crippen molar-refractivity contribution < 1.29 is 33.4 Å². The van der Waals surface area contributed by atoms with E-state index in [1.165, 1.54) is 5.39 Å². The predicted molar refractivity (Wildman–Crippen MR) is 215 cm³/mol. The van der Waals surface area contributed by atoms with E-state index in [1.807, 2.05) is 43.0 Å². The number of carbonyl (C=O) groups is 4. The van der Waals surface area contributed by atoms with Crippen molar-refractivity contribution in [3.05, 3.63) is 108 Å². The van der Waals surface area contributed by atoms with E-state index in [0.29, 0.717) is 24.1 Å². The fourth-order valence-electron chi connectivity index (χ4n) is 8.05. The summed E-state index contributed by atoms with van der Waals surface area (Å²) in [5.41, 5.74) is 6.05. The number of unbranched alkanes of at least 4 members (excludes halogenated alkanes) is 3. The number of nitrogens with zero attached hydrogens (tertiary/aromatic N) is 5. The summed E-state index contributed by atoms with van der Waals surface area (Å²) in [6.07, 6.45) is 14.1. The summed E-state index contributed by atoms with van der Waals surface area (Å²) >= 11 is 0. The maximum Gasteiger partial charge on any atom is 0.262 e. The van der Waals surface area contributed by atoms with Crippen LogP contribution in [0.1, 0.15) is 77.6 Å². The Hall–Kier alpha value is -6.63. The molecule has 0 spiro atoms. The number of nitrogens with one attached hydrogen (secondary N) is 1. The molecule has 1 saturated carbocycles. The molecule has 13 heteroatoms. The summed E-state index contributed by atoms with van der Waals surface area (Å²) in [7, 11) is 2.08. The summed E-state index contributed by atoms with van der Waals surface area (Å²) in [5.74, 6) is -0.383. The number of hydrogen-bond donors (Lipinski definition) is 1. The van der Waals surface area contributed by atoms with E-state index in [4.69, 9.17) is 14.2 Å². The largest absolute Gasteiger partial charge is 0.494 e. The van der Waals surface area contributed by atoms with E-state index in [0.717, 1.165) is 83.0 Å². The van der Waals surface area contributed by atoms with Gasteiger partial charge in [0.05, 0.1) is 23.3 Å². The number of pyridine rings is 3. The number of carbonyl (C=O) groups excluding carboxylic acids is 4. The van der Waals surface area contributed by atoms with Crippen LogP contribution in [0.2, 0.25) is 0 Å². The molecule has 3 aliphatic rings. The number of imide groups is 2. The molecule has 58 heavy (non-hydrogen) atoms. The molecule has 2 aliphatic heterocycles. The number of benzene rings is 2. The van der Waals surface area contributed by atoms with Gasteiger partial charge in [-0.15, -0.1) is 0 Å². The third kappa shape index (κ3) is 7.35. The van der Waals surface area contributed by atoms with Crippen LogP contribution >= 0.6 is 0 Å². The number of ether oxygens (including phenoxy) is 3. The average Bonchev–Trinajstić information content (AvgIpc) is 3.65. The standard InChI is InChI=1S/C45H42N6O7/c1-50-37-17-18-46-26-36(37)33-11-8-28(20-39(33)50)29-9-16-42(48-25-29)58-32-21-31(22-32)57-41-15-7-27(24-47-41)6-4-2-3-5-19-56-30-10-12-34-35(23-30)45(55)51(44(34)54)38-13-14-40(52)49-43(38)53/h7-12,15-18,20,23-26,31-32,38H,2-6,13-14,19,21-22H2,1H3,(H,49,52,53). The van der Waals surface area contributed by atoms with Crippen LogP contribution in [0.4, 0.5) is 0 Å². The van der Waals surface area contributed by atoms with Crippen molar-refractivity contribution in [2.75, 3.05) is 6.61 Å². The van der Waals surface area contributed by atoms with Crippen LogP contribution in [0.25, 0.3) is 32.9 Å². The van der Waals surface area contributed by atoms with E-state index >= 15 is 0 Å². The number of fused-ring (bicyclic) bond motifs is 4. The molecule has 4 amide bonds. The second-order valence-electron chi connectivity index (χ2n) is 15.2. The molecule has 1 aliphatic carbocycles. The third-order valence-corrected chi connectivity index (χ3v) is 11.3. The first kappa shape index (κ1) is 37.0. The number of amides is 4. The minimum atomic E-state index is -0.989. The first-order valence-corrected chi connectivity index (χ1v) is 19.8. The molecule has 2 fully saturated rings. The van der Waals surface area contributed by atoms with Crippen molar-refractivity contribution in [3.8, 4) is 28.6 Å². The van der Waals surface area contributed by atoms with Gasteiger partial charge in [0.15, 0.2) is 0 Å². The van der Waals surface area contributed by atoms with E-state index in [2.05, 4.69) is 62.2 Å². The van der Waals surface area contributed by atoms with Crippen LogP contribution in [0.5, 0.6) is 17.5 Å². The van der Waals surface area contributed by atoms with Gasteiger partial charge in [0.2, 0.25) is 23.6 Å². The minimum Gasteiger partial charge on any atom is -0.494 e. The molecule has 13 nitrogen and oxygen atoms in total. The SMILES string of the molecule is Cn1c2ccncc2c2ccc(-c3ccc(OC4CC(Oc5ccc(CCCCCCOc6ccc7c(c6)C(=O)N(C6CCC(=O)NC6=O)C7=O)cn5)C4)nc3)cc21. The predicted octanol–water partition coefficient (Wildman–Crippen LogP) is 6.76. The highest BCUT2D eigenvalue weighted by atomic mass is 16.5. The first-order valence-electron chi connectivity index (χ1n) is 19.8. The second-order valence-corrected chi connectivity index (χ2v) is 15.2. The average molecular weight is 779 g/mol. The van der Waals surface area contributed by atoms with Gasteiger partial charge in [-0.05, 0) is 73.2 Å². The summed E-state index contributed by atoms with van der Waals surface area (Å²) in [4.78, 5) is 64.2. The Bertz CT molecular complexity index is 2550. The van der Waals surface area contributed by atoms with Gasteiger partial charge in [0.1, 0.15) is 24.0 Å². The van der Waals surface area contributed by atoms with E-state index in [1.54, 1.807) is 18.2 Å². The van der Waals surface area contributed by atoms with Gasteiger partial charge in [-0.1, -0.05) is 31.0 Å². The summed E-state index contributed by atoms with van der Waals surface area (Å²) in [6.45, 7) is 0.476. The Morgan fingerprint density at radius 3 is 2.24 bits per heavy atom. The molecule has 6 aromatic rings. The van der Waals surface area contributed by atoms with Crippen LogP contribution in [0.3, 0.4) is 0 Å². The second kappa shape index (κ2) is 15.7. The van der Waals surface area contributed by atoms with Crippen molar-refractivity contribution in [1.29, 1.82) is 0 Å². The molecule has 1 atom stereocenters. The molecule has 9 rings (SSSR count). The molecule has 0 bridgehead atoms. The van der Waals surface area contributed by atoms with E-state index < -0.39 is 29.7 Å². The molecule has 1 saturated heterocycles. The number of aromatic nitrogens is 4. The van der Waals surface area contributed by atoms with Gasteiger partial charge in [-0.3, -0.25) is 34.4 Å². The van der Waals surface area contributed by atoms with Crippen molar-refractivity contribution in [2.24, 2.45) is 7.05 Å². The van der Waals surface area contributed by atoms with E-state index in [-0.39, 0.29) is 36.2 Å². The highest BCUT2D eigenvalue weighted by Crippen LogP contribution is 2.34. The van der Waals surface area contributed by atoms with Gasteiger partial charge in [0.25, 0.3) is 11.8 Å². The Labute approximate surface area is 334 Å². The third-order valence-electron chi connectivity index (χ3n) is 11.3. The Morgan fingerprint density at radius 1 is 0.724 bits per heavy atom. The van der Waals surface area contributed by atoms with Crippen LogP contribution in [0, 0.1) is 0 Å². The molecule has 4 aromatic heterocycles. The summed E-state index contributed by atoms with van der Waals surface area (Å²) in [6, 6.07) is 20.3. The Morgan fingerprint density at radius 2 is 1.48 bits per heavy atom. The van der Waals surface area contributed by atoms with Gasteiger partial charge >= 0.3 is 0 Å². The van der Waals surface area contributed by atoms with Crippen LogP contribution in [-0.2, 0) is 23.1 Å². The zero-order valence-electron chi connectivity index (χ0n) is 32.1. The highest BCUT2D eigenvalue weighted by molar-refractivity contribution is 6.23. The molecule has 1 unspecified atom stereocenters. The molecule has 0 radical (unpaired) electrons. The number of piperidine rings is 1. The number of hydrogen-bond acceptors (Lipinski definition) is 10. The van der Waals surface area contributed by atoms with E-state index in [9.17, 15) is 19.2 Å². The number of rotatable bonds is 14. The zero-order valence-corrected chi connectivity index (χ0v) is 32.1. The summed E-state index contributed by atoms with van der Waals surface area (Å²) in [5, 5.41) is 4.54. The van der Waals surface area contributed by atoms with Crippen LogP contribution in [0.15, 0.2) is 91.5 Å². The molecule has 6 heterocycles. The molecule has 294 valence electrons. The zero-order chi connectivity index (χ0) is 39.8. The highest BCUT2D eigenvalue weighted by Gasteiger charge is 2.44. The maximum absolute atomic E-state index is 13.1. The lowest BCUT2D eigenvalue weighted by atomic mass is 9.92. The van der Waals surface area contributed by atoms with Crippen molar-refractivity contribution in [1.82, 2.24) is 29.7 Å². The van der Waals surface area contributed by atoms with Gasteiger partial charge in [0, 0.05) is 85.1 Å². The quantitative estimate of drug-likeness (QED) is 0.0927. The molecule has 1 N–H and O–H groups in total. The van der Waals surface area contributed by atoms with Gasteiger partial charge in [-0.2, -0.15) is 0 Å². The fourth-order valence-corrected chi connectivity index (χ4v) is 8.05. The lowest BCUT2D eigenvalue weighted by Crippen LogP contribution is -2.54. The topological polar surface area (TPSA) is 155 Å². The number of aryl methyl sites for hydroxylation is 2. The van der Waals surface area contributed by atoms with Gasteiger partial charge < -0.3 is 18.8 Å². The molecular formula is C45H42N6O7. The van der Waals surface area contributed by atoms with Crippen molar-refractivity contribution in [2.45, 2.75) is 76.0 Å². The molecular weight excluding hydrogens is 737 g/mol. The van der Waals surface area contributed by atoms with Crippen LogP contribution < -0.4 is 19.5 Å².